The van der Waals surface area contributed by atoms with E-state index in [9.17, 15) is 9.50 Å². The van der Waals surface area contributed by atoms with E-state index < -0.39 is 5.82 Å². The molecule has 0 radical (unpaired) electrons. The van der Waals surface area contributed by atoms with Gasteiger partial charge in [-0.05, 0) is 12.1 Å². The van der Waals surface area contributed by atoms with Crippen LogP contribution < -0.4 is 10.5 Å². The molecule has 2 rings (SSSR count). The van der Waals surface area contributed by atoms with Crippen LogP contribution in [0.4, 0.5) is 4.39 Å². The van der Waals surface area contributed by atoms with Crippen LogP contribution in [0.3, 0.4) is 0 Å². The molecule has 1 heterocycles. The molecule has 0 spiro atoms. The van der Waals surface area contributed by atoms with Crippen molar-refractivity contribution < 1.29 is 14.2 Å². The quantitative estimate of drug-likeness (QED) is 0.637. The fourth-order valence-electron chi connectivity index (χ4n) is 1.49. The number of nitrogens with two attached hydrogens (primary N) is 1. The van der Waals surface area contributed by atoms with Gasteiger partial charge in [-0.2, -0.15) is 0 Å². The average molecular weight is 183 g/mol. The van der Waals surface area contributed by atoms with Crippen molar-refractivity contribution in [2.45, 2.75) is 12.5 Å². The Morgan fingerprint density at radius 2 is 2.31 bits per heavy atom. The summed E-state index contributed by atoms with van der Waals surface area (Å²) in [6, 6.07) is 2.09. The van der Waals surface area contributed by atoms with E-state index in [0.29, 0.717) is 13.0 Å². The Bertz CT molecular complexity index is 341. The zero-order valence-corrected chi connectivity index (χ0v) is 6.96. The first-order chi connectivity index (χ1) is 6.20. The highest BCUT2D eigenvalue weighted by atomic mass is 19.1. The largest absolute Gasteiger partial charge is 0.504 e. The Morgan fingerprint density at radius 1 is 1.54 bits per heavy atom. The molecule has 1 atom stereocenters. The number of benzene rings is 1. The normalized spacial score (nSPS) is 20.6. The summed E-state index contributed by atoms with van der Waals surface area (Å²) in [6.45, 7) is 0.422. The van der Waals surface area contributed by atoms with Crippen molar-refractivity contribution in [2.24, 2.45) is 5.73 Å². The molecule has 0 amide bonds. The second-order valence-electron chi connectivity index (χ2n) is 3.05. The molecule has 0 aliphatic carbocycles. The maximum absolute atomic E-state index is 13.2. The molecule has 70 valence electrons. The van der Waals surface area contributed by atoms with Gasteiger partial charge in [-0.3, -0.25) is 0 Å². The summed E-state index contributed by atoms with van der Waals surface area (Å²) >= 11 is 0. The van der Waals surface area contributed by atoms with Gasteiger partial charge in [-0.15, -0.1) is 0 Å². The number of fused-ring (bicyclic) bond motifs is 1. The van der Waals surface area contributed by atoms with Crippen LogP contribution in [0.2, 0.25) is 0 Å². The van der Waals surface area contributed by atoms with E-state index in [2.05, 4.69) is 0 Å². The van der Waals surface area contributed by atoms with Crippen LogP contribution in [0.15, 0.2) is 12.1 Å². The number of aromatic hydroxyl groups is 1. The molecule has 1 aliphatic heterocycles. The van der Waals surface area contributed by atoms with Gasteiger partial charge in [0, 0.05) is 12.5 Å². The second kappa shape index (κ2) is 2.88. The summed E-state index contributed by atoms with van der Waals surface area (Å²) in [5.41, 5.74) is 5.97. The van der Waals surface area contributed by atoms with Gasteiger partial charge in [0.1, 0.15) is 5.82 Å². The average Bonchev–Trinajstić information content (AvgIpc) is 2.12. The van der Waals surface area contributed by atoms with E-state index in [-0.39, 0.29) is 23.1 Å². The Kier molecular flexibility index (Phi) is 1.84. The smallest absolute Gasteiger partial charge is 0.168 e. The van der Waals surface area contributed by atoms with Gasteiger partial charge in [0.15, 0.2) is 11.5 Å². The summed E-state index contributed by atoms with van der Waals surface area (Å²) in [6.07, 6.45) is 0.577. The van der Waals surface area contributed by atoms with Gasteiger partial charge in [0.25, 0.3) is 0 Å². The zero-order valence-electron chi connectivity index (χ0n) is 6.96. The maximum atomic E-state index is 13.2. The number of hydrogen-bond acceptors (Lipinski definition) is 3. The highest BCUT2D eigenvalue weighted by molar-refractivity contribution is 5.48. The third kappa shape index (κ3) is 1.23. The molecule has 0 saturated carbocycles. The van der Waals surface area contributed by atoms with Crippen LogP contribution >= 0.6 is 0 Å². The van der Waals surface area contributed by atoms with Crippen LogP contribution in [0.1, 0.15) is 18.0 Å². The Morgan fingerprint density at radius 3 is 3.00 bits per heavy atom. The number of hydrogen-bond donors (Lipinski definition) is 2. The van der Waals surface area contributed by atoms with E-state index in [1.165, 1.54) is 12.1 Å². The van der Waals surface area contributed by atoms with Gasteiger partial charge in [-0.1, -0.05) is 0 Å². The summed E-state index contributed by atoms with van der Waals surface area (Å²) in [5.74, 6) is -0.273. The van der Waals surface area contributed by atoms with E-state index in [0.717, 1.165) is 0 Å². The van der Waals surface area contributed by atoms with Crippen LogP contribution in [-0.4, -0.2) is 11.7 Å². The highest BCUT2D eigenvalue weighted by Gasteiger charge is 2.24. The molecule has 1 aromatic carbocycles. The predicted octanol–water partition coefficient (Wildman–Crippen LogP) is 1.31. The first kappa shape index (κ1) is 8.31. The Labute approximate surface area is 74.9 Å². The lowest BCUT2D eigenvalue weighted by Gasteiger charge is -2.23. The van der Waals surface area contributed by atoms with Crippen molar-refractivity contribution in [3.05, 3.63) is 23.5 Å². The topological polar surface area (TPSA) is 55.5 Å². The molecule has 13 heavy (non-hydrogen) atoms. The second-order valence-corrected chi connectivity index (χ2v) is 3.05. The van der Waals surface area contributed by atoms with Gasteiger partial charge < -0.3 is 15.6 Å². The van der Waals surface area contributed by atoms with Crippen molar-refractivity contribution in [1.82, 2.24) is 0 Å². The number of phenols is 1. The van der Waals surface area contributed by atoms with Gasteiger partial charge >= 0.3 is 0 Å². The standard InChI is InChI=1S/C9H10FNO2/c10-5-1-2-7(12)9-8(5)6(11)3-4-13-9/h1-2,6,12H,3-4,11H2. The zero-order chi connectivity index (χ0) is 9.42. The number of rotatable bonds is 0. The first-order valence-corrected chi connectivity index (χ1v) is 4.10. The number of phenolic OH excluding ortho intramolecular Hbond substituents is 1. The first-order valence-electron chi connectivity index (χ1n) is 4.10. The predicted molar refractivity (Wildman–Crippen MR) is 45.1 cm³/mol. The lowest BCUT2D eigenvalue weighted by Crippen LogP contribution is -2.21. The fourth-order valence-corrected chi connectivity index (χ4v) is 1.49. The third-order valence-corrected chi connectivity index (χ3v) is 2.17. The number of halogens is 1. The van der Waals surface area contributed by atoms with E-state index in [4.69, 9.17) is 10.5 Å². The van der Waals surface area contributed by atoms with Crippen molar-refractivity contribution in [3.8, 4) is 11.5 Å². The lowest BCUT2D eigenvalue weighted by atomic mass is 10.0. The molecule has 1 aromatic rings. The van der Waals surface area contributed by atoms with Gasteiger partial charge in [0.2, 0.25) is 0 Å². The lowest BCUT2D eigenvalue weighted by molar-refractivity contribution is 0.250. The minimum Gasteiger partial charge on any atom is -0.504 e. The molecule has 1 aliphatic rings. The van der Waals surface area contributed by atoms with E-state index in [1.807, 2.05) is 0 Å². The summed E-state index contributed by atoms with van der Waals surface area (Å²) in [5, 5.41) is 9.35. The molecule has 0 saturated heterocycles. The van der Waals surface area contributed by atoms with Crippen LogP contribution in [0.5, 0.6) is 11.5 Å². The molecule has 3 N–H and O–H groups in total. The Balaban J connectivity index is 2.60. The minimum atomic E-state index is -0.417. The minimum absolute atomic E-state index is 0.0495. The van der Waals surface area contributed by atoms with Crippen molar-refractivity contribution in [3.63, 3.8) is 0 Å². The molecular formula is C9H10FNO2. The molecular weight excluding hydrogens is 173 g/mol. The van der Waals surface area contributed by atoms with E-state index in [1.54, 1.807) is 0 Å². The monoisotopic (exact) mass is 183 g/mol. The fraction of sp³-hybridized carbons (Fsp3) is 0.333. The SMILES string of the molecule is NC1CCOc2c(O)ccc(F)c21. The van der Waals surface area contributed by atoms with Gasteiger partial charge in [0.05, 0.1) is 12.2 Å². The van der Waals surface area contributed by atoms with Crippen LogP contribution in [-0.2, 0) is 0 Å². The highest BCUT2D eigenvalue weighted by Crippen LogP contribution is 2.39. The Hall–Kier alpha value is -1.29. The summed E-state index contributed by atoms with van der Waals surface area (Å²) < 4.78 is 18.4. The summed E-state index contributed by atoms with van der Waals surface area (Å²) in [7, 11) is 0. The van der Waals surface area contributed by atoms with Crippen molar-refractivity contribution >= 4 is 0 Å². The van der Waals surface area contributed by atoms with Crippen LogP contribution in [0, 0.1) is 5.82 Å². The molecule has 4 heteroatoms. The number of ether oxygens (including phenoxy) is 1. The molecule has 0 aromatic heterocycles. The summed E-state index contributed by atoms with van der Waals surface area (Å²) in [4.78, 5) is 0. The van der Waals surface area contributed by atoms with Crippen molar-refractivity contribution in [2.75, 3.05) is 6.61 Å². The maximum Gasteiger partial charge on any atom is 0.168 e. The van der Waals surface area contributed by atoms with Crippen LogP contribution in [0.25, 0.3) is 0 Å². The molecule has 1 unspecified atom stereocenters. The van der Waals surface area contributed by atoms with Crippen molar-refractivity contribution in [1.29, 1.82) is 0 Å². The molecule has 0 fully saturated rings. The van der Waals surface area contributed by atoms with Gasteiger partial charge in [-0.25, -0.2) is 4.39 Å². The molecule has 0 bridgehead atoms. The third-order valence-electron chi connectivity index (χ3n) is 2.17. The molecule has 3 nitrogen and oxygen atoms in total. The van der Waals surface area contributed by atoms with E-state index >= 15 is 0 Å².